The number of anilines is 1. The van der Waals surface area contributed by atoms with Crippen molar-refractivity contribution in [3.63, 3.8) is 0 Å². The number of alkyl halides is 3. The van der Waals surface area contributed by atoms with Crippen LogP contribution in [0.2, 0.25) is 0 Å². The first-order valence-electron chi connectivity index (χ1n) is 7.22. The Balaban J connectivity index is 2.36. The molecular weight excluding hydrogens is 403 g/mol. The van der Waals surface area contributed by atoms with Gasteiger partial charge < -0.3 is 4.74 Å². The summed E-state index contributed by atoms with van der Waals surface area (Å²) >= 11 is 3.22. The van der Waals surface area contributed by atoms with Crippen LogP contribution in [0.15, 0.2) is 59.1 Å². The minimum Gasteiger partial charge on any atom is -0.451 e. The van der Waals surface area contributed by atoms with E-state index in [-0.39, 0.29) is 11.3 Å². The molecule has 134 valence electrons. The minimum absolute atomic E-state index is 0.261. The quantitative estimate of drug-likeness (QED) is 0.590. The van der Waals surface area contributed by atoms with Crippen LogP contribution >= 0.6 is 15.9 Å². The molecule has 0 aliphatic carbocycles. The second-order valence-corrected chi connectivity index (χ2v) is 5.98. The van der Waals surface area contributed by atoms with Gasteiger partial charge in [0.25, 0.3) is 0 Å². The second kappa shape index (κ2) is 8.35. The van der Waals surface area contributed by atoms with Crippen LogP contribution in [0.5, 0.6) is 0 Å². The summed E-state index contributed by atoms with van der Waals surface area (Å²) in [5.74, 6) is 0. The summed E-state index contributed by atoms with van der Waals surface area (Å²) in [4.78, 5) is 17.4. The average molecular weight is 418 g/mol. The first-order chi connectivity index (χ1) is 11.8. The van der Waals surface area contributed by atoms with E-state index in [4.69, 9.17) is 4.84 Å². The highest BCUT2D eigenvalue weighted by molar-refractivity contribution is 9.10. The molecular formula is C17H15BrF3NO3. The van der Waals surface area contributed by atoms with Crippen LogP contribution in [0.3, 0.4) is 0 Å². The van der Waals surface area contributed by atoms with Crippen LogP contribution in [0, 0.1) is 0 Å². The highest BCUT2D eigenvalue weighted by Gasteiger charge is 2.36. The summed E-state index contributed by atoms with van der Waals surface area (Å²) in [5, 5.41) is 0.720. The fourth-order valence-electron chi connectivity index (χ4n) is 2.12. The van der Waals surface area contributed by atoms with Crippen molar-refractivity contribution in [3.05, 3.63) is 64.6 Å². The van der Waals surface area contributed by atoms with Crippen molar-refractivity contribution in [2.75, 3.05) is 12.2 Å². The maximum absolute atomic E-state index is 13.0. The second-order valence-electron chi connectivity index (χ2n) is 5.07. The van der Waals surface area contributed by atoms with Crippen molar-refractivity contribution in [2.45, 2.75) is 18.7 Å². The summed E-state index contributed by atoms with van der Waals surface area (Å²) < 4.78 is 44.2. The Hall–Kier alpha value is -2.06. The third-order valence-corrected chi connectivity index (χ3v) is 3.69. The van der Waals surface area contributed by atoms with Gasteiger partial charge in [0.1, 0.15) is 6.10 Å². The molecule has 0 radical (unpaired) electrons. The Bertz CT molecular complexity index is 710. The molecule has 0 fully saturated rings. The van der Waals surface area contributed by atoms with Gasteiger partial charge >= 0.3 is 12.3 Å². The predicted molar refractivity (Wildman–Crippen MR) is 90.0 cm³/mol. The van der Waals surface area contributed by atoms with Crippen molar-refractivity contribution in [3.8, 4) is 0 Å². The molecule has 0 heterocycles. The number of nitrogens with zero attached hydrogens (tertiary/aromatic N) is 1. The molecule has 0 saturated heterocycles. The van der Waals surface area contributed by atoms with Crippen LogP contribution in [0.4, 0.5) is 23.7 Å². The van der Waals surface area contributed by atoms with E-state index in [0.717, 1.165) is 12.2 Å². The Labute approximate surface area is 151 Å². The summed E-state index contributed by atoms with van der Waals surface area (Å²) in [6, 6.07) is 14.3. The highest BCUT2D eigenvalue weighted by atomic mass is 79.9. The summed E-state index contributed by atoms with van der Waals surface area (Å²) in [5.41, 5.74) is 0.535. The van der Waals surface area contributed by atoms with Gasteiger partial charge in [0.05, 0.1) is 19.2 Å². The molecule has 2 rings (SSSR count). The fourth-order valence-corrected chi connectivity index (χ4v) is 2.53. The van der Waals surface area contributed by atoms with E-state index in [0.29, 0.717) is 4.47 Å². The lowest BCUT2D eigenvalue weighted by molar-refractivity contribution is -0.162. The molecule has 2 aromatic carbocycles. The molecule has 0 aliphatic rings. The van der Waals surface area contributed by atoms with Crippen LogP contribution in [-0.4, -0.2) is 19.4 Å². The number of rotatable bonds is 5. The Morgan fingerprint density at radius 1 is 1.16 bits per heavy atom. The van der Waals surface area contributed by atoms with Crippen molar-refractivity contribution in [1.29, 1.82) is 0 Å². The van der Waals surface area contributed by atoms with E-state index in [1.54, 1.807) is 30.3 Å². The van der Waals surface area contributed by atoms with Crippen LogP contribution in [0.25, 0.3) is 0 Å². The van der Waals surface area contributed by atoms with Crippen molar-refractivity contribution in [1.82, 2.24) is 0 Å². The number of amides is 1. The van der Waals surface area contributed by atoms with E-state index in [9.17, 15) is 18.0 Å². The van der Waals surface area contributed by atoms with E-state index >= 15 is 0 Å². The molecule has 4 nitrogen and oxygen atoms in total. The number of hydroxylamine groups is 1. The topological polar surface area (TPSA) is 38.8 Å². The monoisotopic (exact) mass is 417 g/mol. The Morgan fingerprint density at radius 3 is 2.40 bits per heavy atom. The molecule has 8 heteroatoms. The molecule has 0 bridgehead atoms. The number of ether oxygens (including phenoxy) is 1. The molecule has 2 aromatic rings. The molecule has 0 N–H and O–H groups in total. The van der Waals surface area contributed by atoms with Gasteiger partial charge in [-0.15, -0.1) is 0 Å². The van der Waals surface area contributed by atoms with Gasteiger partial charge in [0, 0.05) is 4.47 Å². The lowest BCUT2D eigenvalue weighted by atomic mass is 10.1. The maximum Gasteiger partial charge on any atom is 0.438 e. The molecule has 0 spiro atoms. The lowest BCUT2D eigenvalue weighted by Gasteiger charge is -2.27. The van der Waals surface area contributed by atoms with E-state index in [2.05, 4.69) is 20.7 Å². The first-order valence-corrected chi connectivity index (χ1v) is 8.01. The number of benzene rings is 2. The summed E-state index contributed by atoms with van der Waals surface area (Å²) in [6.45, 7) is 0. The van der Waals surface area contributed by atoms with E-state index < -0.39 is 24.8 Å². The third kappa shape index (κ3) is 5.75. The van der Waals surface area contributed by atoms with Gasteiger partial charge in [0.2, 0.25) is 0 Å². The maximum atomic E-state index is 13.0. The van der Waals surface area contributed by atoms with Gasteiger partial charge in [-0.05, 0) is 29.8 Å². The van der Waals surface area contributed by atoms with Crippen molar-refractivity contribution < 1.29 is 27.5 Å². The number of para-hydroxylation sites is 1. The Kier molecular flexibility index (Phi) is 6.44. The minimum atomic E-state index is -4.48. The number of hydrogen-bond donors (Lipinski definition) is 0. The summed E-state index contributed by atoms with van der Waals surface area (Å²) in [7, 11) is 1.12. The van der Waals surface area contributed by atoms with Crippen molar-refractivity contribution in [2.24, 2.45) is 0 Å². The van der Waals surface area contributed by atoms with Gasteiger partial charge in [-0.2, -0.15) is 18.2 Å². The van der Waals surface area contributed by atoms with Gasteiger partial charge in [-0.3, -0.25) is 4.84 Å². The van der Waals surface area contributed by atoms with E-state index in [1.165, 1.54) is 24.3 Å². The lowest BCUT2D eigenvalue weighted by Crippen LogP contribution is -2.34. The molecule has 0 aromatic heterocycles. The van der Waals surface area contributed by atoms with Crippen LogP contribution < -0.4 is 5.06 Å². The van der Waals surface area contributed by atoms with Gasteiger partial charge in [-0.25, -0.2) is 4.79 Å². The number of carbonyl (C=O) groups is 1. The molecule has 1 unspecified atom stereocenters. The smallest absolute Gasteiger partial charge is 0.438 e. The van der Waals surface area contributed by atoms with Gasteiger partial charge in [0.15, 0.2) is 0 Å². The highest BCUT2D eigenvalue weighted by Crippen LogP contribution is 2.35. The summed E-state index contributed by atoms with van der Waals surface area (Å²) in [6.07, 6.45) is -8.08. The average Bonchev–Trinajstić information content (AvgIpc) is 2.57. The van der Waals surface area contributed by atoms with Crippen molar-refractivity contribution >= 4 is 27.7 Å². The molecule has 0 aliphatic heterocycles. The molecule has 1 atom stereocenters. The predicted octanol–water partition coefficient (Wildman–Crippen LogP) is 5.65. The zero-order valence-electron chi connectivity index (χ0n) is 13.2. The number of carbonyl (C=O) groups excluding carboxylic acids is 1. The number of methoxy groups -OCH3 is 1. The molecule has 25 heavy (non-hydrogen) atoms. The Morgan fingerprint density at radius 2 is 1.84 bits per heavy atom. The standard InChI is InChI=1S/C17H15BrF3NO3/c1-24-16(23)22(14-8-3-2-4-9-14)25-15(11-17(19,20)21)12-6-5-7-13(18)10-12/h2-10,15H,11H2,1H3. The molecule has 1 amide bonds. The fraction of sp³-hybridized carbons (Fsp3) is 0.235. The van der Waals surface area contributed by atoms with Crippen LogP contribution in [0.1, 0.15) is 18.1 Å². The SMILES string of the molecule is COC(=O)N(OC(CC(F)(F)F)c1cccc(Br)c1)c1ccccc1. The zero-order chi connectivity index (χ0) is 18.4. The van der Waals surface area contributed by atoms with Gasteiger partial charge in [-0.1, -0.05) is 46.3 Å². The normalized spacial score (nSPS) is 12.5. The number of hydrogen-bond acceptors (Lipinski definition) is 3. The van der Waals surface area contributed by atoms with Crippen LogP contribution in [-0.2, 0) is 9.57 Å². The zero-order valence-corrected chi connectivity index (χ0v) is 14.8. The first kappa shape index (κ1) is 19.3. The largest absolute Gasteiger partial charge is 0.451 e. The number of halogens is 4. The molecule has 0 saturated carbocycles. The van der Waals surface area contributed by atoms with E-state index in [1.807, 2.05) is 0 Å². The third-order valence-electron chi connectivity index (χ3n) is 3.20.